The highest BCUT2D eigenvalue weighted by Crippen LogP contribution is 2.06. The molecule has 11 heavy (non-hydrogen) atoms. The van der Waals surface area contributed by atoms with E-state index >= 15 is 0 Å². The van der Waals surface area contributed by atoms with Gasteiger partial charge in [-0.25, -0.2) is 0 Å². The van der Waals surface area contributed by atoms with E-state index in [1.807, 2.05) is 6.26 Å². The molecule has 0 aromatic carbocycles. The Morgan fingerprint density at radius 2 is 1.73 bits per heavy atom. The predicted octanol–water partition coefficient (Wildman–Crippen LogP) is 2.76. The van der Waals surface area contributed by atoms with E-state index < -0.39 is 0 Å². The Bertz CT molecular complexity index is 109. The van der Waals surface area contributed by atoms with Crippen molar-refractivity contribution in [2.75, 3.05) is 19.3 Å². The summed E-state index contributed by atoms with van der Waals surface area (Å²) in [4.78, 5) is 2.28. The molecule has 0 aliphatic carbocycles. The van der Waals surface area contributed by atoms with Gasteiger partial charge in [0, 0.05) is 13.1 Å². The third kappa shape index (κ3) is 4.64. The summed E-state index contributed by atoms with van der Waals surface area (Å²) < 4.78 is 1.04. The maximum atomic E-state index is 5.20. The molecule has 0 aliphatic rings. The van der Waals surface area contributed by atoms with Crippen molar-refractivity contribution >= 4 is 28.3 Å². The highest BCUT2D eigenvalue weighted by molar-refractivity contribution is 8.22. The van der Waals surface area contributed by atoms with Gasteiger partial charge in [0.05, 0.1) is 0 Å². The second kappa shape index (κ2) is 6.92. The third-order valence-corrected chi connectivity index (χ3v) is 2.79. The first kappa shape index (κ1) is 11.2. The number of rotatable bonds is 4. The Morgan fingerprint density at radius 1 is 1.27 bits per heavy atom. The van der Waals surface area contributed by atoms with Crippen LogP contribution < -0.4 is 0 Å². The first-order valence-corrected chi connectivity index (χ1v) is 5.72. The van der Waals surface area contributed by atoms with Gasteiger partial charge in [-0.1, -0.05) is 26.1 Å². The van der Waals surface area contributed by atoms with Crippen LogP contribution in [0.15, 0.2) is 0 Å². The van der Waals surface area contributed by atoms with Crippen LogP contribution in [0.2, 0.25) is 0 Å². The summed E-state index contributed by atoms with van der Waals surface area (Å²) in [5.74, 6) is 0. The summed E-state index contributed by atoms with van der Waals surface area (Å²) >= 11 is 6.87. The average Bonchev–Trinajstić information content (AvgIpc) is 2.03. The van der Waals surface area contributed by atoms with Gasteiger partial charge in [-0.15, -0.1) is 11.8 Å². The molecule has 0 aliphatic heterocycles. The summed E-state index contributed by atoms with van der Waals surface area (Å²) in [7, 11) is 0. The molecule has 0 saturated carbocycles. The van der Waals surface area contributed by atoms with Crippen LogP contribution in [0.1, 0.15) is 26.7 Å². The Labute approximate surface area is 79.5 Å². The van der Waals surface area contributed by atoms with Crippen LogP contribution >= 0.6 is 24.0 Å². The largest absolute Gasteiger partial charge is 0.358 e. The smallest absolute Gasteiger partial charge is 0.136 e. The van der Waals surface area contributed by atoms with Crippen molar-refractivity contribution in [2.45, 2.75) is 26.7 Å². The molecule has 0 aromatic rings. The normalized spacial score (nSPS) is 9.73. The quantitative estimate of drug-likeness (QED) is 0.629. The minimum atomic E-state index is 1.04. The molecule has 0 rings (SSSR count). The van der Waals surface area contributed by atoms with Crippen LogP contribution in [-0.2, 0) is 0 Å². The fourth-order valence-electron chi connectivity index (χ4n) is 0.963. The summed E-state index contributed by atoms with van der Waals surface area (Å²) in [5.41, 5.74) is 0. The van der Waals surface area contributed by atoms with Crippen molar-refractivity contribution < 1.29 is 0 Å². The van der Waals surface area contributed by atoms with Gasteiger partial charge in [0.25, 0.3) is 0 Å². The van der Waals surface area contributed by atoms with Gasteiger partial charge in [0.15, 0.2) is 0 Å². The molecule has 0 saturated heterocycles. The third-order valence-electron chi connectivity index (χ3n) is 1.42. The van der Waals surface area contributed by atoms with E-state index in [0.29, 0.717) is 0 Å². The maximum absolute atomic E-state index is 5.20. The lowest BCUT2D eigenvalue weighted by atomic mass is 10.4. The minimum absolute atomic E-state index is 1.04. The molecule has 0 N–H and O–H groups in total. The molecule has 0 unspecified atom stereocenters. The minimum Gasteiger partial charge on any atom is -0.358 e. The van der Waals surface area contributed by atoms with Crippen molar-refractivity contribution in [2.24, 2.45) is 0 Å². The lowest BCUT2D eigenvalue weighted by Gasteiger charge is -2.22. The zero-order valence-electron chi connectivity index (χ0n) is 7.59. The summed E-state index contributed by atoms with van der Waals surface area (Å²) in [6.07, 6.45) is 4.40. The average molecular weight is 191 g/mol. The van der Waals surface area contributed by atoms with Gasteiger partial charge in [0.2, 0.25) is 0 Å². The molecular formula is C8H17NS2. The second-order valence-electron chi connectivity index (χ2n) is 2.46. The number of thioether (sulfide) groups is 1. The zero-order valence-corrected chi connectivity index (χ0v) is 9.23. The van der Waals surface area contributed by atoms with E-state index in [1.165, 1.54) is 12.8 Å². The summed E-state index contributed by atoms with van der Waals surface area (Å²) in [5, 5.41) is 0. The zero-order chi connectivity index (χ0) is 8.69. The number of nitrogens with zero attached hydrogens (tertiary/aromatic N) is 1. The molecule has 0 spiro atoms. The Hall–Kier alpha value is 0.240. The molecule has 0 bridgehead atoms. The van der Waals surface area contributed by atoms with Crippen molar-refractivity contribution in [3.63, 3.8) is 0 Å². The summed E-state index contributed by atoms with van der Waals surface area (Å²) in [6, 6.07) is 0. The molecule has 0 fully saturated rings. The highest BCUT2D eigenvalue weighted by atomic mass is 32.2. The number of hydrogen-bond donors (Lipinski definition) is 0. The predicted molar refractivity (Wildman–Crippen MR) is 58.3 cm³/mol. The molecule has 0 amide bonds. The van der Waals surface area contributed by atoms with Crippen LogP contribution in [-0.4, -0.2) is 28.6 Å². The Kier molecular flexibility index (Phi) is 7.07. The monoisotopic (exact) mass is 191 g/mol. The molecular weight excluding hydrogens is 174 g/mol. The molecule has 1 nitrogen and oxygen atoms in total. The van der Waals surface area contributed by atoms with Gasteiger partial charge >= 0.3 is 0 Å². The number of hydrogen-bond acceptors (Lipinski definition) is 2. The van der Waals surface area contributed by atoms with Crippen LogP contribution in [0.4, 0.5) is 0 Å². The molecule has 0 radical (unpaired) electrons. The van der Waals surface area contributed by atoms with E-state index in [0.717, 1.165) is 17.4 Å². The lowest BCUT2D eigenvalue weighted by Crippen LogP contribution is -2.28. The van der Waals surface area contributed by atoms with Crippen molar-refractivity contribution in [3.05, 3.63) is 0 Å². The maximum Gasteiger partial charge on any atom is 0.136 e. The first-order valence-electron chi connectivity index (χ1n) is 4.09. The van der Waals surface area contributed by atoms with Crippen LogP contribution in [0.5, 0.6) is 0 Å². The van der Waals surface area contributed by atoms with E-state index in [1.54, 1.807) is 11.8 Å². The number of thiocarbonyl (C=S) groups is 1. The summed E-state index contributed by atoms with van der Waals surface area (Å²) in [6.45, 7) is 6.58. The highest BCUT2D eigenvalue weighted by Gasteiger charge is 2.04. The van der Waals surface area contributed by atoms with E-state index in [-0.39, 0.29) is 0 Å². The van der Waals surface area contributed by atoms with Crippen molar-refractivity contribution in [3.8, 4) is 0 Å². The molecule has 0 atom stereocenters. The lowest BCUT2D eigenvalue weighted by molar-refractivity contribution is 0.430. The standard InChI is InChI=1S/C8H17NS2/c1-4-6-9(7-5-2)8(10)11-3/h4-7H2,1-3H3. The van der Waals surface area contributed by atoms with Gasteiger partial charge in [-0.2, -0.15) is 0 Å². The second-order valence-corrected chi connectivity index (χ2v) is 3.90. The topological polar surface area (TPSA) is 3.24 Å². The van der Waals surface area contributed by atoms with Gasteiger partial charge < -0.3 is 4.90 Å². The van der Waals surface area contributed by atoms with E-state index in [2.05, 4.69) is 18.7 Å². The van der Waals surface area contributed by atoms with Crippen LogP contribution in [0.25, 0.3) is 0 Å². The Morgan fingerprint density at radius 3 is 2.00 bits per heavy atom. The van der Waals surface area contributed by atoms with Crippen LogP contribution in [0.3, 0.4) is 0 Å². The van der Waals surface area contributed by atoms with E-state index in [4.69, 9.17) is 12.2 Å². The van der Waals surface area contributed by atoms with Gasteiger partial charge in [0.1, 0.15) is 4.32 Å². The van der Waals surface area contributed by atoms with Crippen molar-refractivity contribution in [1.29, 1.82) is 0 Å². The molecule has 0 aromatic heterocycles. The fourth-order valence-corrected chi connectivity index (χ4v) is 1.59. The van der Waals surface area contributed by atoms with Gasteiger partial charge in [-0.05, 0) is 19.1 Å². The molecule has 3 heteroatoms. The molecule has 0 heterocycles. The SMILES string of the molecule is CCCN(CCC)C(=S)SC. The van der Waals surface area contributed by atoms with Crippen molar-refractivity contribution in [1.82, 2.24) is 4.90 Å². The fraction of sp³-hybridized carbons (Fsp3) is 0.875. The van der Waals surface area contributed by atoms with Crippen LogP contribution in [0, 0.1) is 0 Å². The van der Waals surface area contributed by atoms with Gasteiger partial charge in [-0.3, -0.25) is 0 Å². The first-order chi connectivity index (χ1) is 5.26. The van der Waals surface area contributed by atoms with E-state index in [9.17, 15) is 0 Å². The molecule has 66 valence electrons. The Balaban J connectivity index is 3.76.